The van der Waals surface area contributed by atoms with Crippen molar-refractivity contribution in [1.82, 2.24) is 9.80 Å². The van der Waals surface area contributed by atoms with E-state index in [1.54, 1.807) is 0 Å². The van der Waals surface area contributed by atoms with Gasteiger partial charge in [0.1, 0.15) is 0 Å². The maximum Gasteiger partial charge on any atom is 0.0593 e. The molecule has 0 heterocycles. The second-order valence-electron chi connectivity index (χ2n) is 15.1. The summed E-state index contributed by atoms with van der Waals surface area (Å²) in [6, 6.07) is 0. The van der Waals surface area contributed by atoms with Crippen LogP contribution in [0.3, 0.4) is 0 Å². The lowest BCUT2D eigenvalue weighted by Crippen LogP contribution is -2.39. The minimum atomic E-state index is -0.0687. The van der Waals surface area contributed by atoms with Crippen molar-refractivity contribution in [3.8, 4) is 0 Å². The van der Waals surface area contributed by atoms with E-state index in [9.17, 15) is 0 Å². The number of likely N-dealkylation sites (N-methyl/N-ethyl adjacent to an activating group) is 2. The zero-order valence-corrected chi connectivity index (χ0v) is 33.1. The van der Waals surface area contributed by atoms with Gasteiger partial charge in [-0.3, -0.25) is 0 Å². The summed E-state index contributed by atoms with van der Waals surface area (Å²) in [6.45, 7) is 12.9. The van der Waals surface area contributed by atoms with E-state index in [4.69, 9.17) is 18.9 Å². The van der Waals surface area contributed by atoms with Gasteiger partial charge >= 0.3 is 0 Å². The summed E-state index contributed by atoms with van der Waals surface area (Å²) < 4.78 is 24.9. The molecule has 0 fully saturated rings. The van der Waals surface area contributed by atoms with Crippen molar-refractivity contribution >= 4 is 0 Å². The third kappa shape index (κ3) is 35.4. The lowest BCUT2D eigenvalue weighted by atomic mass is 9.84. The average molecular weight is 671 g/mol. The minimum absolute atomic E-state index is 0.0687. The normalized spacial score (nSPS) is 12.3. The van der Waals surface area contributed by atoms with Gasteiger partial charge in [0.25, 0.3) is 0 Å². The summed E-state index contributed by atoms with van der Waals surface area (Å²) in [4.78, 5) is 4.38. The van der Waals surface area contributed by atoms with Gasteiger partial charge in [0, 0.05) is 38.3 Å². The zero-order chi connectivity index (χ0) is 34.5. The predicted molar refractivity (Wildman–Crippen MR) is 205 cm³/mol. The number of ether oxygens (including phenoxy) is 4. The van der Waals surface area contributed by atoms with Crippen LogP contribution in [0.4, 0.5) is 0 Å². The number of rotatable bonds is 40. The Kier molecular flexibility index (Phi) is 36.8. The van der Waals surface area contributed by atoms with Crippen molar-refractivity contribution < 1.29 is 18.9 Å². The Morgan fingerprint density at radius 1 is 0.340 bits per heavy atom. The fourth-order valence-corrected chi connectivity index (χ4v) is 6.07. The Balaban J connectivity index is 4.49. The van der Waals surface area contributed by atoms with E-state index >= 15 is 0 Å². The molecule has 0 saturated heterocycles. The van der Waals surface area contributed by atoms with E-state index in [0.29, 0.717) is 0 Å². The van der Waals surface area contributed by atoms with Crippen molar-refractivity contribution in [2.45, 2.75) is 168 Å². The number of hydrogen-bond acceptors (Lipinski definition) is 6. The number of nitrogens with zero attached hydrogens (tertiary/aromatic N) is 2. The molecule has 0 aliphatic heterocycles. The molecule has 0 aromatic heterocycles. The SMILES string of the molecule is CCCCCCCCCCCCCCOCC(CCCCCCCCOCCCCCCC)(COCCN(C)C)COCCN(C)C. The third-order valence-electron chi connectivity index (χ3n) is 9.37. The van der Waals surface area contributed by atoms with Crippen LogP contribution in [0.2, 0.25) is 0 Å². The Morgan fingerprint density at radius 3 is 1.00 bits per heavy atom. The fraction of sp³-hybridized carbons (Fsp3) is 1.00. The highest BCUT2D eigenvalue weighted by Crippen LogP contribution is 2.28. The molecule has 0 N–H and O–H groups in total. The molecule has 6 nitrogen and oxygen atoms in total. The first-order chi connectivity index (χ1) is 23.0. The van der Waals surface area contributed by atoms with Crippen LogP contribution in [0.5, 0.6) is 0 Å². The van der Waals surface area contributed by atoms with Gasteiger partial charge in [-0.25, -0.2) is 0 Å². The second-order valence-corrected chi connectivity index (χ2v) is 15.1. The van der Waals surface area contributed by atoms with Gasteiger partial charge in [0.05, 0.1) is 33.0 Å². The standard InChI is InChI=1S/C41H86N2O4/c1-7-9-11-13-14-15-16-17-18-20-25-29-35-45-38-41(39-46-36-31-42(3)4,40-47-37-32-43(5)6)30-26-22-19-21-24-28-34-44-33-27-23-12-10-8-2/h7-40H2,1-6H3. The van der Waals surface area contributed by atoms with Gasteiger partial charge in [-0.05, 0) is 53.9 Å². The van der Waals surface area contributed by atoms with Crippen LogP contribution in [-0.2, 0) is 18.9 Å². The van der Waals surface area contributed by atoms with Crippen LogP contribution in [-0.4, -0.2) is 104 Å². The van der Waals surface area contributed by atoms with Gasteiger partial charge in [0.2, 0.25) is 0 Å². The van der Waals surface area contributed by atoms with Crippen LogP contribution >= 0.6 is 0 Å². The van der Waals surface area contributed by atoms with Crippen molar-refractivity contribution in [1.29, 1.82) is 0 Å². The van der Waals surface area contributed by atoms with E-state index in [1.165, 1.54) is 148 Å². The largest absolute Gasteiger partial charge is 0.381 e. The molecule has 0 aliphatic carbocycles. The monoisotopic (exact) mass is 671 g/mol. The quantitative estimate of drug-likeness (QED) is 0.0605. The topological polar surface area (TPSA) is 43.4 Å². The molecule has 0 aromatic carbocycles. The smallest absolute Gasteiger partial charge is 0.0593 e. The summed E-state index contributed by atoms with van der Waals surface area (Å²) in [6.07, 6.45) is 31.7. The van der Waals surface area contributed by atoms with E-state index in [0.717, 1.165) is 72.4 Å². The highest BCUT2D eigenvalue weighted by Gasteiger charge is 2.31. The van der Waals surface area contributed by atoms with Crippen molar-refractivity contribution in [2.75, 3.05) is 94.1 Å². The lowest BCUT2D eigenvalue weighted by Gasteiger charge is -2.34. The number of unbranched alkanes of at least 4 members (excludes halogenated alkanes) is 20. The Hall–Kier alpha value is -0.240. The second kappa shape index (κ2) is 37.0. The van der Waals surface area contributed by atoms with Crippen molar-refractivity contribution in [3.63, 3.8) is 0 Å². The molecule has 6 heteroatoms. The Labute approximate surface area is 295 Å². The first kappa shape index (κ1) is 46.8. The van der Waals surface area contributed by atoms with Gasteiger partial charge in [0.15, 0.2) is 0 Å². The van der Waals surface area contributed by atoms with Crippen molar-refractivity contribution in [3.05, 3.63) is 0 Å². The summed E-state index contributed by atoms with van der Waals surface area (Å²) in [5, 5.41) is 0. The maximum atomic E-state index is 6.42. The van der Waals surface area contributed by atoms with Crippen LogP contribution < -0.4 is 0 Å². The lowest BCUT2D eigenvalue weighted by molar-refractivity contribution is -0.0773. The summed E-state index contributed by atoms with van der Waals surface area (Å²) in [5.74, 6) is 0. The Morgan fingerprint density at radius 2 is 0.638 bits per heavy atom. The molecule has 284 valence electrons. The van der Waals surface area contributed by atoms with Crippen LogP contribution in [0.25, 0.3) is 0 Å². The molecular formula is C41H86N2O4. The van der Waals surface area contributed by atoms with E-state index in [1.807, 2.05) is 0 Å². The maximum absolute atomic E-state index is 6.42. The molecule has 47 heavy (non-hydrogen) atoms. The van der Waals surface area contributed by atoms with E-state index in [-0.39, 0.29) is 5.41 Å². The summed E-state index contributed by atoms with van der Waals surface area (Å²) in [5.41, 5.74) is -0.0687. The van der Waals surface area contributed by atoms with Gasteiger partial charge < -0.3 is 28.7 Å². The zero-order valence-electron chi connectivity index (χ0n) is 33.1. The molecule has 0 spiro atoms. The highest BCUT2D eigenvalue weighted by molar-refractivity contribution is 4.80. The molecule has 0 aliphatic rings. The molecule has 0 unspecified atom stereocenters. The molecule has 0 rings (SSSR count). The van der Waals surface area contributed by atoms with Gasteiger partial charge in [-0.1, -0.05) is 142 Å². The minimum Gasteiger partial charge on any atom is -0.381 e. The van der Waals surface area contributed by atoms with Gasteiger partial charge in [-0.15, -0.1) is 0 Å². The molecule has 0 aromatic rings. The van der Waals surface area contributed by atoms with E-state index < -0.39 is 0 Å². The van der Waals surface area contributed by atoms with Crippen LogP contribution in [0.1, 0.15) is 168 Å². The van der Waals surface area contributed by atoms with Crippen LogP contribution in [0, 0.1) is 5.41 Å². The first-order valence-corrected chi connectivity index (χ1v) is 20.6. The summed E-state index contributed by atoms with van der Waals surface area (Å²) in [7, 11) is 8.44. The van der Waals surface area contributed by atoms with Crippen LogP contribution in [0.15, 0.2) is 0 Å². The predicted octanol–water partition coefficient (Wildman–Crippen LogP) is 10.6. The van der Waals surface area contributed by atoms with Crippen molar-refractivity contribution in [2.24, 2.45) is 5.41 Å². The molecule has 0 radical (unpaired) electrons. The molecule has 0 atom stereocenters. The Bertz CT molecular complexity index is 540. The molecule has 0 bridgehead atoms. The third-order valence-corrected chi connectivity index (χ3v) is 9.37. The fourth-order valence-electron chi connectivity index (χ4n) is 6.07. The van der Waals surface area contributed by atoms with Gasteiger partial charge in [-0.2, -0.15) is 0 Å². The molecular weight excluding hydrogens is 584 g/mol. The first-order valence-electron chi connectivity index (χ1n) is 20.6. The highest BCUT2D eigenvalue weighted by atomic mass is 16.5. The summed E-state index contributed by atoms with van der Waals surface area (Å²) >= 11 is 0. The van der Waals surface area contributed by atoms with E-state index in [2.05, 4.69) is 51.8 Å². The average Bonchev–Trinajstić information content (AvgIpc) is 3.05. The molecule has 0 amide bonds. The molecule has 0 saturated carbocycles. The number of hydrogen-bond donors (Lipinski definition) is 0.